The number of fused-ring (bicyclic) bond motifs is 1. The predicted molar refractivity (Wildman–Crippen MR) is 117 cm³/mol. The lowest BCUT2D eigenvalue weighted by molar-refractivity contribution is 0.184. The Morgan fingerprint density at radius 2 is 1.96 bits per heavy atom. The van der Waals surface area contributed by atoms with Crippen molar-refractivity contribution in [1.82, 2.24) is 10.6 Å². The van der Waals surface area contributed by atoms with Crippen molar-refractivity contribution < 1.29 is 9.50 Å². The molecule has 3 aromatic rings. The van der Waals surface area contributed by atoms with Crippen molar-refractivity contribution in [3.05, 3.63) is 70.9 Å². The molecule has 0 amide bonds. The Labute approximate surface area is 173 Å². The molecule has 1 heterocycles. The Morgan fingerprint density at radius 1 is 1.15 bits per heavy atom. The molecule has 138 valence electrons. The number of halogens is 2. The molecular formula is C19H21FIN3OS. The fourth-order valence-corrected chi connectivity index (χ4v) is 3.56. The Kier molecular flexibility index (Phi) is 7.80. The van der Waals surface area contributed by atoms with Crippen LogP contribution in [0.25, 0.3) is 10.1 Å². The smallest absolute Gasteiger partial charge is 0.191 e. The molecule has 0 aliphatic carbocycles. The zero-order chi connectivity index (χ0) is 17.6. The molecule has 4 nitrogen and oxygen atoms in total. The Bertz CT molecular complexity index is 851. The molecule has 3 rings (SSSR count). The molecule has 1 unspecified atom stereocenters. The second kappa shape index (κ2) is 9.84. The van der Waals surface area contributed by atoms with Crippen molar-refractivity contribution in [3.8, 4) is 0 Å². The molecule has 1 atom stereocenters. The van der Waals surface area contributed by atoms with Crippen LogP contribution in [0.15, 0.2) is 59.6 Å². The monoisotopic (exact) mass is 485 g/mol. The summed E-state index contributed by atoms with van der Waals surface area (Å²) in [7, 11) is 1.66. The van der Waals surface area contributed by atoms with Gasteiger partial charge in [0, 0.05) is 29.7 Å². The van der Waals surface area contributed by atoms with E-state index in [0.29, 0.717) is 19.0 Å². The molecule has 26 heavy (non-hydrogen) atoms. The lowest BCUT2D eigenvalue weighted by Gasteiger charge is -2.14. The van der Waals surface area contributed by atoms with E-state index in [9.17, 15) is 9.50 Å². The van der Waals surface area contributed by atoms with Gasteiger partial charge in [-0.2, -0.15) is 0 Å². The summed E-state index contributed by atoms with van der Waals surface area (Å²) in [4.78, 5) is 5.04. The summed E-state index contributed by atoms with van der Waals surface area (Å²) in [5.41, 5.74) is 0.827. The van der Waals surface area contributed by atoms with E-state index in [1.807, 2.05) is 36.4 Å². The fourth-order valence-electron chi connectivity index (χ4n) is 2.51. The minimum absolute atomic E-state index is 0. The first-order chi connectivity index (χ1) is 12.2. The molecule has 0 aliphatic heterocycles. The SMILES string of the molecule is CN=C(NCc1cccc(F)c1)NCC(O)c1cc2ccccc2s1.I. The van der Waals surface area contributed by atoms with E-state index >= 15 is 0 Å². The molecule has 3 N–H and O–H groups in total. The summed E-state index contributed by atoms with van der Waals surface area (Å²) in [5, 5.41) is 17.7. The quantitative estimate of drug-likeness (QED) is 0.290. The maximum Gasteiger partial charge on any atom is 0.191 e. The van der Waals surface area contributed by atoms with Gasteiger partial charge in [-0.15, -0.1) is 35.3 Å². The molecule has 0 radical (unpaired) electrons. The number of nitrogens with one attached hydrogen (secondary N) is 2. The van der Waals surface area contributed by atoms with Gasteiger partial charge in [-0.1, -0.05) is 30.3 Å². The number of thiophene rings is 1. The molecule has 0 aliphatic rings. The highest BCUT2D eigenvalue weighted by Gasteiger charge is 2.12. The summed E-state index contributed by atoms with van der Waals surface area (Å²) in [6.07, 6.45) is -0.620. The van der Waals surface area contributed by atoms with Crippen LogP contribution in [-0.2, 0) is 6.54 Å². The molecule has 0 spiro atoms. The molecule has 0 bridgehead atoms. The summed E-state index contributed by atoms with van der Waals surface area (Å²) in [6, 6.07) is 16.5. The van der Waals surface area contributed by atoms with Gasteiger partial charge in [-0.25, -0.2) is 4.39 Å². The van der Waals surface area contributed by atoms with E-state index in [0.717, 1.165) is 20.5 Å². The molecule has 2 aromatic carbocycles. The van der Waals surface area contributed by atoms with Gasteiger partial charge in [0.2, 0.25) is 0 Å². The van der Waals surface area contributed by atoms with Gasteiger partial charge in [0.05, 0.1) is 0 Å². The van der Waals surface area contributed by atoms with Crippen molar-refractivity contribution in [3.63, 3.8) is 0 Å². The van der Waals surface area contributed by atoms with Crippen LogP contribution in [-0.4, -0.2) is 24.7 Å². The third kappa shape index (κ3) is 5.39. The van der Waals surface area contributed by atoms with Crippen LogP contribution in [0, 0.1) is 5.82 Å². The van der Waals surface area contributed by atoms with Crippen LogP contribution in [0.5, 0.6) is 0 Å². The molecule has 1 aromatic heterocycles. The van der Waals surface area contributed by atoms with Crippen molar-refractivity contribution in [2.75, 3.05) is 13.6 Å². The Morgan fingerprint density at radius 3 is 2.69 bits per heavy atom. The van der Waals surface area contributed by atoms with Gasteiger partial charge >= 0.3 is 0 Å². The third-order valence-electron chi connectivity index (χ3n) is 3.81. The van der Waals surface area contributed by atoms with Crippen LogP contribution in [0.1, 0.15) is 16.5 Å². The second-order valence-corrected chi connectivity index (χ2v) is 6.75. The number of aliphatic imine (C=N–C) groups is 1. The third-order valence-corrected chi connectivity index (χ3v) is 5.03. The highest BCUT2D eigenvalue weighted by Crippen LogP contribution is 2.29. The number of nitrogens with zero attached hydrogens (tertiary/aromatic N) is 1. The van der Waals surface area contributed by atoms with E-state index in [2.05, 4.69) is 15.6 Å². The Balaban J connectivity index is 0.00000243. The molecule has 0 saturated heterocycles. The first-order valence-electron chi connectivity index (χ1n) is 8.01. The van der Waals surface area contributed by atoms with E-state index in [1.54, 1.807) is 24.5 Å². The van der Waals surface area contributed by atoms with Gasteiger partial charge in [0.15, 0.2) is 5.96 Å². The zero-order valence-corrected chi connectivity index (χ0v) is 17.4. The first kappa shape index (κ1) is 20.6. The van der Waals surface area contributed by atoms with Gasteiger partial charge in [0.25, 0.3) is 0 Å². The Hall–Kier alpha value is -1.71. The lowest BCUT2D eigenvalue weighted by atomic mass is 10.2. The number of benzene rings is 2. The van der Waals surface area contributed by atoms with Crippen LogP contribution < -0.4 is 10.6 Å². The van der Waals surface area contributed by atoms with E-state index in [-0.39, 0.29) is 29.8 Å². The maximum atomic E-state index is 13.2. The summed E-state index contributed by atoms with van der Waals surface area (Å²) >= 11 is 1.58. The second-order valence-electron chi connectivity index (χ2n) is 5.64. The largest absolute Gasteiger partial charge is 0.386 e. The fraction of sp³-hybridized carbons (Fsp3) is 0.211. The lowest BCUT2D eigenvalue weighted by Crippen LogP contribution is -2.38. The number of aliphatic hydroxyl groups is 1. The van der Waals surface area contributed by atoms with Gasteiger partial charge in [-0.05, 0) is 35.2 Å². The van der Waals surface area contributed by atoms with Gasteiger partial charge < -0.3 is 15.7 Å². The van der Waals surface area contributed by atoms with E-state index in [4.69, 9.17) is 0 Å². The predicted octanol–water partition coefficient (Wildman–Crippen LogP) is 4.06. The number of aliphatic hydroxyl groups excluding tert-OH is 1. The number of rotatable bonds is 5. The number of guanidine groups is 1. The zero-order valence-electron chi connectivity index (χ0n) is 14.3. The summed E-state index contributed by atoms with van der Waals surface area (Å²) < 4.78 is 14.4. The standard InChI is InChI=1S/C19H20FN3OS.HI/c1-21-19(22-11-13-5-4-7-15(20)9-13)23-12-16(24)18-10-14-6-2-3-8-17(14)25-18;/h2-10,16,24H,11-12H2,1H3,(H2,21,22,23);1H. The van der Waals surface area contributed by atoms with Crippen LogP contribution in [0.4, 0.5) is 4.39 Å². The van der Waals surface area contributed by atoms with Crippen molar-refractivity contribution in [2.45, 2.75) is 12.6 Å². The van der Waals surface area contributed by atoms with Crippen molar-refractivity contribution in [1.29, 1.82) is 0 Å². The molecular weight excluding hydrogens is 464 g/mol. The molecule has 0 saturated carbocycles. The summed E-state index contributed by atoms with van der Waals surface area (Å²) in [5.74, 6) is 0.298. The normalized spacial score (nSPS) is 12.5. The van der Waals surface area contributed by atoms with Crippen molar-refractivity contribution >= 4 is 51.4 Å². The molecule has 7 heteroatoms. The van der Waals surface area contributed by atoms with Crippen LogP contribution in [0.2, 0.25) is 0 Å². The average Bonchev–Trinajstić information content (AvgIpc) is 3.06. The number of hydrogen-bond acceptors (Lipinski definition) is 3. The maximum absolute atomic E-state index is 13.2. The number of hydrogen-bond donors (Lipinski definition) is 3. The van der Waals surface area contributed by atoms with Crippen molar-refractivity contribution in [2.24, 2.45) is 4.99 Å². The van der Waals surface area contributed by atoms with Gasteiger partial charge in [0.1, 0.15) is 11.9 Å². The topological polar surface area (TPSA) is 56.7 Å². The minimum atomic E-state index is -0.620. The minimum Gasteiger partial charge on any atom is -0.386 e. The highest BCUT2D eigenvalue weighted by atomic mass is 127. The van der Waals surface area contributed by atoms with Gasteiger partial charge in [-0.3, -0.25) is 4.99 Å². The van der Waals surface area contributed by atoms with Crippen LogP contribution >= 0.6 is 35.3 Å². The summed E-state index contributed by atoms with van der Waals surface area (Å²) in [6.45, 7) is 0.798. The van der Waals surface area contributed by atoms with E-state index < -0.39 is 6.10 Å². The van der Waals surface area contributed by atoms with Crippen LogP contribution in [0.3, 0.4) is 0 Å². The van der Waals surface area contributed by atoms with E-state index in [1.165, 1.54) is 12.1 Å². The average molecular weight is 485 g/mol. The highest BCUT2D eigenvalue weighted by molar-refractivity contribution is 14.0. The first-order valence-corrected chi connectivity index (χ1v) is 8.83. The molecule has 0 fully saturated rings.